The smallest absolute Gasteiger partial charge is 0.355 e. The molecule has 1 aliphatic rings. The number of carbonyl (C=O) groups excluding carboxylic acids is 1. The van der Waals surface area contributed by atoms with Crippen molar-refractivity contribution >= 4 is 5.97 Å². The number of aryl methyl sites for hydroxylation is 2. The Kier molecular flexibility index (Phi) is 3.30. The van der Waals surface area contributed by atoms with E-state index < -0.39 is 12.1 Å². The predicted octanol–water partition coefficient (Wildman–Crippen LogP) is 3.56. The van der Waals surface area contributed by atoms with Crippen LogP contribution in [0.4, 0.5) is 4.39 Å². The van der Waals surface area contributed by atoms with E-state index in [-0.39, 0.29) is 5.82 Å². The standard InChI is InChI=1S/C16H16FNO2/c1-10(12-6-2-3-7-13(12)17)20-16(19)15-9-11-5-4-8-14(11)18-15/h2-3,6-7,9-10,18H,4-5,8H2,1H3. The van der Waals surface area contributed by atoms with Crippen LogP contribution in [-0.2, 0) is 17.6 Å². The zero-order valence-corrected chi connectivity index (χ0v) is 11.3. The van der Waals surface area contributed by atoms with E-state index in [1.54, 1.807) is 25.1 Å². The molecular weight excluding hydrogens is 257 g/mol. The summed E-state index contributed by atoms with van der Waals surface area (Å²) < 4.78 is 19.0. The molecule has 1 atom stereocenters. The summed E-state index contributed by atoms with van der Waals surface area (Å²) in [6.45, 7) is 1.67. The van der Waals surface area contributed by atoms with Gasteiger partial charge in [-0.15, -0.1) is 0 Å². The van der Waals surface area contributed by atoms with E-state index in [9.17, 15) is 9.18 Å². The zero-order chi connectivity index (χ0) is 14.1. The predicted molar refractivity (Wildman–Crippen MR) is 73.0 cm³/mol. The first-order chi connectivity index (χ1) is 9.65. The van der Waals surface area contributed by atoms with Gasteiger partial charge in [0.25, 0.3) is 0 Å². The van der Waals surface area contributed by atoms with E-state index >= 15 is 0 Å². The van der Waals surface area contributed by atoms with E-state index in [0.717, 1.165) is 25.0 Å². The SMILES string of the molecule is CC(OC(=O)c1cc2c([nH]1)CCC2)c1ccccc1F. The number of carbonyl (C=O) groups is 1. The molecule has 0 saturated carbocycles. The number of rotatable bonds is 3. The maximum atomic E-state index is 13.6. The number of hydrogen-bond acceptors (Lipinski definition) is 2. The first kappa shape index (κ1) is 12.9. The second-order valence-corrected chi connectivity index (χ2v) is 5.11. The van der Waals surface area contributed by atoms with Gasteiger partial charge < -0.3 is 9.72 Å². The molecule has 104 valence electrons. The molecule has 3 rings (SSSR count). The number of nitrogens with one attached hydrogen (secondary N) is 1. The summed E-state index contributed by atoms with van der Waals surface area (Å²) in [5, 5.41) is 0. The fourth-order valence-electron chi connectivity index (χ4n) is 2.64. The number of fused-ring (bicyclic) bond motifs is 1. The van der Waals surface area contributed by atoms with Crippen molar-refractivity contribution in [3.63, 3.8) is 0 Å². The fourth-order valence-corrected chi connectivity index (χ4v) is 2.64. The van der Waals surface area contributed by atoms with Gasteiger partial charge in [0.15, 0.2) is 0 Å². The maximum Gasteiger partial charge on any atom is 0.355 e. The van der Waals surface area contributed by atoms with Crippen LogP contribution in [0.15, 0.2) is 30.3 Å². The van der Waals surface area contributed by atoms with Crippen molar-refractivity contribution in [2.45, 2.75) is 32.3 Å². The van der Waals surface area contributed by atoms with E-state index in [2.05, 4.69) is 4.98 Å². The van der Waals surface area contributed by atoms with Gasteiger partial charge in [0.05, 0.1) is 0 Å². The Bertz CT molecular complexity index is 626. The minimum atomic E-state index is -0.609. The molecule has 2 aromatic rings. The van der Waals surface area contributed by atoms with Crippen LogP contribution < -0.4 is 0 Å². The van der Waals surface area contributed by atoms with Crippen LogP contribution in [0, 0.1) is 5.82 Å². The Hall–Kier alpha value is -2.10. The molecule has 1 aliphatic carbocycles. The molecule has 1 heterocycles. The number of benzene rings is 1. The van der Waals surface area contributed by atoms with Gasteiger partial charge in [0, 0.05) is 11.3 Å². The van der Waals surface area contributed by atoms with E-state index in [1.165, 1.54) is 11.6 Å². The number of H-pyrrole nitrogens is 1. The second-order valence-electron chi connectivity index (χ2n) is 5.11. The number of aromatic nitrogens is 1. The van der Waals surface area contributed by atoms with Gasteiger partial charge in [0.2, 0.25) is 0 Å². The molecule has 1 aromatic carbocycles. The quantitative estimate of drug-likeness (QED) is 0.869. The number of halogens is 1. The summed E-state index contributed by atoms with van der Waals surface area (Å²) in [6.07, 6.45) is 2.50. The molecule has 3 nitrogen and oxygen atoms in total. The maximum absolute atomic E-state index is 13.6. The summed E-state index contributed by atoms with van der Waals surface area (Å²) in [7, 11) is 0. The van der Waals surface area contributed by atoms with Crippen LogP contribution in [-0.4, -0.2) is 11.0 Å². The van der Waals surface area contributed by atoms with Crippen molar-refractivity contribution < 1.29 is 13.9 Å². The molecule has 0 aliphatic heterocycles. The molecular formula is C16H16FNO2. The summed E-state index contributed by atoms with van der Waals surface area (Å²) >= 11 is 0. The van der Waals surface area contributed by atoms with Gasteiger partial charge in [-0.2, -0.15) is 0 Å². The topological polar surface area (TPSA) is 42.1 Å². The second kappa shape index (κ2) is 5.12. The average molecular weight is 273 g/mol. The number of aromatic amines is 1. The summed E-state index contributed by atoms with van der Waals surface area (Å²) in [6, 6.07) is 8.18. The minimum Gasteiger partial charge on any atom is -0.453 e. The van der Waals surface area contributed by atoms with Crippen molar-refractivity contribution in [1.29, 1.82) is 0 Å². The lowest BCUT2D eigenvalue weighted by Crippen LogP contribution is -2.11. The monoisotopic (exact) mass is 273 g/mol. The molecule has 0 bridgehead atoms. The Morgan fingerprint density at radius 2 is 2.15 bits per heavy atom. The van der Waals surface area contributed by atoms with Crippen molar-refractivity contribution in [2.75, 3.05) is 0 Å². The molecule has 0 spiro atoms. The number of ether oxygens (including phenoxy) is 1. The van der Waals surface area contributed by atoms with Crippen molar-refractivity contribution in [3.8, 4) is 0 Å². The van der Waals surface area contributed by atoms with Crippen LogP contribution in [0.25, 0.3) is 0 Å². The molecule has 0 amide bonds. The van der Waals surface area contributed by atoms with Gasteiger partial charge >= 0.3 is 5.97 Å². The molecule has 1 unspecified atom stereocenters. The van der Waals surface area contributed by atoms with Gasteiger partial charge in [-0.1, -0.05) is 18.2 Å². The third-order valence-corrected chi connectivity index (χ3v) is 3.71. The third-order valence-electron chi connectivity index (χ3n) is 3.71. The van der Waals surface area contributed by atoms with Gasteiger partial charge in [-0.05, 0) is 43.9 Å². The van der Waals surface area contributed by atoms with Crippen LogP contribution in [0.3, 0.4) is 0 Å². The van der Waals surface area contributed by atoms with Gasteiger partial charge in [-0.3, -0.25) is 0 Å². The summed E-state index contributed by atoms with van der Waals surface area (Å²) in [4.78, 5) is 15.2. The van der Waals surface area contributed by atoms with Crippen molar-refractivity contribution in [2.24, 2.45) is 0 Å². The highest BCUT2D eigenvalue weighted by molar-refractivity contribution is 5.88. The van der Waals surface area contributed by atoms with Gasteiger partial charge in [-0.25, -0.2) is 9.18 Å². The highest BCUT2D eigenvalue weighted by atomic mass is 19.1. The number of hydrogen-bond donors (Lipinski definition) is 1. The summed E-state index contributed by atoms with van der Waals surface area (Å²) in [5.74, 6) is -0.795. The lowest BCUT2D eigenvalue weighted by atomic mass is 10.1. The Morgan fingerprint density at radius 3 is 2.90 bits per heavy atom. The first-order valence-corrected chi connectivity index (χ1v) is 6.81. The molecule has 0 saturated heterocycles. The summed E-state index contributed by atoms with van der Waals surface area (Å²) in [5.41, 5.74) is 3.16. The normalized spacial score (nSPS) is 14.9. The van der Waals surface area contributed by atoms with Crippen LogP contribution in [0.2, 0.25) is 0 Å². The molecule has 1 aromatic heterocycles. The lowest BCUT2D eigenvalue weighted by molar-refractivity contribution is 0.0325. The average Bonchev–Trinajstić information content (AvgIpc) is 2.99. The molecule has 20 heavy (non-hydrogen) atoms. The van der Waals surface area contributed by atoms with Crippen LogP contribution in [0.5, 0.6) is 0 Å². The Balaban J connectivity index is 1.74. The van der Waals surface area contributed by atoms with Crippen molar-refractivity contribution in [3.05, 3.63) is 58.7 Å². The highest BCUT2D eigenvalue weighted by Gasteiger charge is 2.21. The molecule has 1 N–H and O–H groups in total. The van der Waals surface area contributed by atoms with Crippen LogP contribution >= 0.6 is 0 Å². The van der Waals surface area contributed by atoms with Crippen molar-refractivity contribution in [1.82, 2.24) is 4.98 Å². The largest absolute Gasteiger partial charge is 0.453 e. The Morgan fingerprint density at radius 1 is 1.35 bits per heavy atom. The number of esters is 1. The van der Waals surface area contributed by atoms with E-state index in [0.29, 0.717) is 11.3 Å². The molecule has 0 fully saturated rings. The van der Waals surface area contributed by atoms with E-state index in [1.807, 2.05) is 6.07 Å². The van der Waals surface area contributed by atoms with E-state index in [4.69, 9.17) is 4.74 Å². The Labute approximate surface area is 116 Å². The highest BCUT2D eigenvalue weighted by Crippen LogP contribution is 2.25. The fraction of sp³-hybridized carbons (Fsp3) is 0.312. The zero-order valence-electron chi connectivity index (χ0n) is 11.3. The minimum absolute atomic E-state index is 0.359. The van der Waals surface area contributed by atoms with Crippen LogP contribution in [0.1, 0.15) is 46.8 Å². The lowest BCUT2D eigenvalue weighted by Gasteiger charge is -2.13. The first-order valence-electron chi connectivity index (χ1n) is 6.81. The third kappa shape index (κ3) is 2.33. The molecule has 0 radical (unpaired) electrons. The van der Waals surface area contributed by atoms with Gasteiger partial charge in [0.1, 0.15) is 17.6 Å². The molecule has 4 heteroatoms.